The number of carbonyl (C=O) groups excluding carboxylic acids is 1. The molecule has 1 aliphatic rings. The topological polar surface area (TPSA) is 97.7 Å². The first kappa shape index (κ1) is 29.7. The Morgan fingerprint density at radius 3 is 2.44 bits per heavy atom. The lowest BCUT2D eigenvalue weighted by Crippen LogP contribution is -2.35. The second kappa shape index (κ2) is 12.5. The summed E-state index contributed by atoms with van der Waals surface area (Å²) in [5, 5.41) is 9.23. The summed E-state index contributed by atoms with van der Waals surface area (Å²) < 4.78 is 67.6. The number of rotatable bonds is 10. The molecular formula is C28H23ClF4N2O6. The number of benzene rings is 3. The first-order valence-corrected chi connectivity index (χ1v) is 12.6. The molecule has 41 heavy (non-hydrogen) atoms. The molecule has 0 bridgehead atoms. The molecule has 3 aromatic carbocycles. The lowest BCUT2D eigenvalue weighted by Gasteiger charge is -2.20. The van der Waals surface area contributed by atoms with Crippen LogP contribution in [-0.2, 0) is 16.0 Å². The number of anilines is 1. The summed E-state index contributed by atoms with van der Waals surface area (Å²) >= 11 is 6.03. The highest BCUT2D eigenvalue weighted by atomic mass is 35.5. The normalized spacial score (nSPS) is 13.1. The molecule has 0 saturated carbocycles. The zero-order valence-electron chi connectivity index (χ0n) is 21.5. The van der Waals surface area contributed by atoms with Gasteiger partial charge in [0.05, 0.1) is 25.1 Å². The molecule has 1 amide bonds. The van der Waals surface area contributed by atoms with Gasteiger partial charge in [-0.25, -0.2) is 9.38 Å². The van der Waals surface area contributed by atoms with Crippen LogP contribution < -0.4 is 19.1 Å². The van der Waals surface area contributed by atoms with E-state index >= 15 is 0 Å². The van der Waals surface area contributed by atoms with E-state index in [9.17, 15) is 27.2 Å². The number of amides is 1. The first-order valence-electron chi connectivity index (χ1n) is 12.2. The van der Waals surface area contributed by atoms with Crippen molar-refractivity contribution in [3.8, 4) is 17.2 Å². The number of methoxy groups -OCH3 is 1. The Bertz CT molecular complexity index is 1480. The second-order valence-electron chi connectivity index (χ2n) is 8.85. The van der Waals surface area contributed by atoms with E-state index in [1.54, 1.807) is 30.3 Å². The smallest absolute Gasteiger partial charge is 0.497 e. The number of carbonyl (C=O) groups is 2. The molecule has 4 rings (SSSR count). The maximum absolute atomic E-state index is 14.3. The predicted molar refractivity (Wildman–Crippen MR) is 142 cm³/mol. The second-order valence-corrected chi connectivity index (χ2v) is 9.28. The fourth-order valence-corrected chi connectivity index (χ4v) is 4.26. The summed E-state index contributed by atoms with van der Waals surface area (Å²) in [6, 6.07) is 12.6. The summed E-state index contributed by atoms with van der Waals surface area (Å²) in [5.74, 6) is -3.22. The van der Waals surface area contributed by atoms with Crippen LogP contribution in [0.4, 0.5) is 28.9 Å². The van der Waals surface area contributed by atoms with E-state index in [-0.39, 0.29) is 49.5 Å². The van der Waals surface area contributed by atoms with E-state index < -0.39 is 29.8 Å². The first-order chi connectivity index (χ1) is 19.4. The number of fused-ring (bicyclic) bond motifs is 1. The van der Waals surface area contributed by atoms with Gasteiger partial charge in [-0.3, -0.25) is 9.59 Å². The van der Waals surface area contributed by atoms with E-state index in [4.69, 9.17) is 26.2 Å². The molecule has 216 valence electrons. The molecule has 3 aromatic rings. The fourth-order valence-electron chi connectivity index (χ4n) is 4.14. The number of halogens is 5. The number of nitrogens with zero attached hydrogens (tertiary/aromatic N) is 2. The Hall–Kier alpha value is -4.32. The summed E-state index contributed by atoms with van der Waals surface area (Å²) in [6.45, 7) is 0.167. The Morgan fingerprint density at radius 1 is 1.07 bits per heavy atom. The van der Waals surface area contributed by atoms with Crippen LogP contribution in [0.5, 0.6) is 17.2 Å². The van der Waals surface area contributed by atoms with Gasteiger partial charge in [0.25, 0.3) is 5.91 Å². The number of carboxylic acids is 1. The van der Waals surface area contributed by atoms with Crippen LogP contribution >= 0.6 is 11.6 Å². The number of aliphatic carboxylic acids is 1. The SMILES string of the molecule is COc1cc(N=C(C(=O)N2CCc3cc(F)c(OC(F)(F)F)cc32)c2ccc(Cl)cc2)cc(OCCCC(=O)O)c1. The van der Waals surface area contributed by atoms with Crippen LogP contribution in [0.3, 0.4) is 0 Å². The van der Waals surface area contributed by atoms with Crippen molar-refractivity contribution in [2.75, 3.05) is 25.2 Å². The van der Waals surface area contributed by atoms with E-state index in [1.807, 2.05) is 0 Å². The monoisotopic (exact) mass is 594 g/mol. The molecule has 0 fully saturated rings. The van der Waals surface area contributed by atoms with Crippen molar-refractivity contribution in [3.05, 3.63) is 76.6 Å². The Morgan fingerprint density at radius 2 is 1.78 bits per heavy atom. The van der Waals surface area contributed by atoms with Gasteiger partial charge in [-0.2, -0.15) is 0 Å². The molecule has 0 spiro atoms. The van der Waals surface area contributed by atoms with Crippen LogP contribution in [0.25, 0.3) is 0 Å². The molecule has 1 N–H and O–H groups in total. The lowest BCUT2D eigenvalue weighted by atomic mass is 10.1. The average molecular weight is 595 g/mol. The Balaban J connectivity index is 1.73. The van der Waals surface area contributed by atoms with Gasteiger partial charge < -0.3 is 24.2 Å². The molecule has 0 radical (unpaired) electrons. The molecule has 13 heteroatoms. The summed E-state index contributed by atoms with van der Waals surface area (Å²) in [5.41, 5.74) is 0.913. The van der Waals surface area contributed by atoms with Gasteiger partial charge in [-0.1, -0.05) is 23.7 Å². The van der Waals surface area contributed by atoms with Crippen LogP contribution in [0, 0.1) is 5.82 Å². The maximum Gasteiger partial charge on any atom is 0.573 e. The van der Waals surface area contributed by atoms with E-state index in [2.05, 4.69) is 9.73 Å². The standard InChI is InChI=1S/C28H23ClF4N2O6/c1-39-20-12-19(13-21(14-20)40-10-2-3-25(36)37)34-26(16-4-6-18(29)7-5-16)27(38)35-9-8-17-11-22(30)24(15-23(17)35)41-28(31,32)33/h4-7,11-15H,2-3,8-10H2,1H3,(H,36,37). The van der Waals surface area contributed by atoms with Crippen molar-refractivity contribution in [2.45, 2.75) is 25.6 Å². The van der Waals surface area contributed by atoms with Crippen molar-refractivity contribution in [3.63, 3.8) is 0 Å². The highest BCUT2D eigenvalue weighted by molar-refractivity contribution is 6.50. The van der Waals surface area contributed by atoms with Gasteiger partial charge in [-0.05, 0) is 36.6 Å². The van der Waals surface area contributed by atoms with E-state index in [0.717, 1.165) is 12.1 Å². The highest BCUT2D eigenvalue weighted by Gasteiger charge is 2.35. The fraction of sp³-hybridized carbons (Fsp3) is 0.250. The quantitative estimate of drug-likeness (QED) is 0.167. The van der Waals surface area contributed by atoms with Crippen molar-refractivity contribution in [1.82, 2.24) is 0 Å². The molecule has 8 nitrogen and oxygen atoms in total. The van der Waals surface area contributed by atoms with Crippen LogP contribution in [0.1, 0.15) is 24.0 Å². The lowest BCUT2D eigenvalue weighted by molar-refractivity contribution is -0.275. The molecule has 0 atom stereocenters. The van der Waals surface area contributed by atoms with Gasteiger partial charge in [-0.15, -0.1) is 13.2 Å². The van der Waals surface area contributed by atoms with Crippen LogP contribution in [0.15, 0.2) is 59.6 Å². The van der Waals surface area contributed by atoms with Gasteiger partial charge in [0.15, 0.2) is 11.6 Å². The molecular weight excluding hydrogens is 572 g/mol. The zero-order chi connectivity index (χ0) is 29.7. The Labute approximate surface area is 236 Å². The summed E-state index contributed by atoms with van der Waals surface area (Å²) in [6.07, 6.45) is -4.75. The van der Waals surface area contributed by atoms with Crippen molar-refractivity contribution in [2.24, 2.45) is 4.99 Å². The average Bonchev–Trinajstić information content (AvgIpc) is 3.31. The minimum Gasteiger partial charge on any atom is -0.497 e. The predicted octanol–water partition coefficient (Wildman–Crippen LogP) is 6.34. The molecule has 1 heterocycles. The number of ether oxygens (including phenoxy) is 3. The summed E-state index contributed by atoms with van der Waals surface area (Å²) in [4.78, 5) is 30.4. The molecule has 0 aliphatic carbocycles. The molecule has 1 aliphatic heterocycles. The molecule has 0 saturated heterocycles. The van der Waals surface area contributed by atoms with Crippen molar-refractivity contribution >= 4 is 40.6 Å². The molecule has 0 aromatic heterocycles. The summed E-state index contributed by atoms with van der Waals surface area (Å²) in [7, 11) is 1.42. The number of hydrogen-bond donors (Lipinski definition) is 1. The van der Waals surface area contributed by atoms with Gasteiger partial charge >= 0.3 is 12.3 Å². The third kappa shape index (κ3) is 7.66. The van der Waals surface area contributed by atoms with Gasteiger partial charge in [0.1, 0.15) is 17.2 Å². The van der Waals surface area contributed by atoms with Crippen molar-refractivity contribution in [1.29, 1.82) is 0 Å². The number of alkyl halides is 3. The third-order valence-corrected chi connectivity index (χ3v) is 6.22. The number of aliphatic imine (C=N–C) groups is 1. The van der Waals surface area contributed by atoms with E-state index in [0.29, 0.717) is 27.6 Å². The number of hydrogen-bond acceptors (Lipinski definition) is 6. The van der Waals surface area contributed by atoms with Gasteiger partial charge in [0, 0.05) is 47.8 Å². The molecule has 0 unspecified atom stereocenters. The van der Waals surface area contributed by atoms with Crippen LogP contribution in [0.2, 0.25) is 5.02 Å². The third-order valence-electron chi connectivity index (χ3n) is 5.96. The minimum absolute atomic E-state index is 0.0606. The van der Waals surface area contributed by atoms with Crippen LogP contribution in [-0.4, -0.2) is 49.3 Å². The Kier molecular flexibility index (Phi) is 9.01. The maximum atomic E-state index is 14.3. The largest absolute Gasteiger partial charge is 0.573 e. The number of carboxylic acid groups (broad SMARTS) is 1. The van der Waals surface area contributed by atoms with Crippen molar-refractivity contribution < 1.29 is 46.5 Å². The van der Waals surface area contributed by atoms with Gasteiger partial charge in [0.2, 0.25) is 0 Å². The minimum atomic E-state index is -5.13. The zero-order valence-corrected chi connectivity index (χ0v) is 22.3. The highest BCUT2D eigenvalue weighted by Crippen LogP contribution is 2.37. The van der Waals surface area contributed by atoms with E-state index in [1.165, 1.54) is 24.1 Å².